The first-order chi connectivity index (χ1) is 40.5. The molecule has 2 fully saturated rings. The van der Waals surface area contributed by atoms with E-state index in [9.17, 15) is 38.4 Å². The van der Waals surface area contributed by atoms with Gasteiger partial charge in [-0.1, -0.05) is 63.2 Å². The summed E-state index contributed by atoms with van der Waals surface area (Å²) in [6.07, 6.45) is 2.01. The van der Waals surface area contributed by atoms with Crippen LogP contribution in [0.3, 0.4) is 0 Å². The molecule has 8 rings (SSSR count). The fraction of sp³-hybridized carbons (Fsp3) is 0.435. The molecule has 1 aromatic heterocycles. The Kier molecular flexibility index (Phi) is 21.8. The van der Waals surface area contributed by atoms with E-state index in [0.717, 1.165) is 46.8 Å². The van der Waals surface area contributed by atoms with Crippen LogP contribution < -0.4 is 26.2 Å². The molecule has 0 radical (unpaired) electrons. The topological polar surface area (TPSA) is 256 Å². The van der Waals surface area contributed by atoms with Crippen molar-refractivity contribution in [3.05, 3.63) is 146 Å². The zero-order chi connectivity index (χ0) is 59.8. The number of nitrogens with zero attached hydrogens (tertiary/aromatic N) is 5. The highest BCUT2D eigenvalue weighted by Crippen LogP contribution is 2.34. The second-order valence-corrected chi connectivity index (χ2v) is 21.6. The zero-order valence-corrected chi connectivity index (χ0v) is 48.3. The number of carbonyl (C=O) groups is 7. The molecule has 1 atom stereocenters. The number of amides is 7. The summed E-state index contributed by atoms with van der Waals surface area (Å²) in [5, 5.41) is 7.87. The number of anilines is 1. The number of imide groups is 2. The molecule has 22 heteroatoms. The van der Waals surface area contributed by atoms with Crippen LogP contribution in [0.25, 0.3) is 11.3 Å². The van der Waals surface area contributed by atoms with Gasteiger partial charge in [0.25, 0.3) is 35.1 Å². The fourth-order valence-electron chi connectivity index (χ4n) is 9.83. The van der Waals surface area contributed by atoms with E-state index in [2.05, 4.69) is 41.6 Å². The van der Waals surface area contributed by atoms with Gasteiger partial charge in [-0.15, -0.1) is 0 Å². The van der Waals surface area contributed by atoms with Gasteiger partial charge in [0.05, 0.1) is 82.9 Å². The summed E-state index contributed by atoms with van der Waals surface area (Å²) < 4.78 is 35.1. The number of carbonyl (C=O) groups excluding carboxylic acids is 7. The van der Waals surface area contributed by atoms with Crippen LogP contribution in [0, 0.1) is 6.92 Å². The van der Waals surface area contributed by atoms with E-state index < -0.39 is 42.2 Å². The van der Waals surface area contributed by atoms with Crippen LogP contribution in [0.15, 0.2) is 95.9 Å². The number of piperidine rings is 1. The van der Waals surface area contributed by atoms with Crippen LogP contribution in [0.2, 0.25) is 0 Å². The molecular formula is C62H74N8O14. The monoisotopic (exact) mass is 1150 g/mol. The largest absolute Gasteiger partial charge is 0.483 e. The third kappa shape index (κ3) is 16.4. The van der Waals surface area contributed by atoms with Gasteiger partial charge in [-0.2, -0.15) is 0 Å². The van der Waals surface area contributed by atoms with Gasteiger partial charge in [-0.05, 0) is 77.9 Å². The maximum Gasteiger partial charge on any atom is 0.272 e. The van der Waals surface area contributed by atoms with Gasteiger partial charge in [0.15, 0.2) is 6.61 Å². The average Bonchev–Trinajstić information content (AvgIpc) is 2.57. The predicted octanol–water partition coefficient (Wildman–Crippen LogP) is 4.33. The third-order valence-corrected chi connectivity index (χ3v) is 14.6. The van der Waals surface area contributed by atoms with Gasteiger partial charge in [0.2, 0.25) is 11.8 Å². The molecule has 1 unspecified atom stereocenters. The SMILES string of the molecule is Cc1c(NC(=O)c2ccc(C(C)(C)C)cc2)cccc1-c1cn(C)c(=O)c(Cc2ccc(C(=O)N3CCN(CCOCCOCCOCCOCCOCCNC(=O)COc4cccc5c4C(=O)N(C4CCC(=O)NC4=O)C5=O)CC3)cc2)n1. The Morgan fingerprint density at radius 1 is 0.702 bits per heavy atom. The van der Waals surface area contributed by atoms with Gasteiger partial charge in [-0.25, -0.2) is 4.98 Å². The minimum Gasteiger partial charge on any atom is -0.483 e. The number of aryl methyl sites for hydroxylation is 1. The molecule has 0 aliphatic carbocycles. The van der Waals surface area contributed by atoms with Crippen molar-refractivity contribution in [3.63, 3.8) is 0 Å². The minimum absolute atomic E-state index is 0.00103. The van der Waals surface area contributed by atoms with E-state index in [0.29, 0.717) is 101 Å². The van der Waals surface area contributed by atoms with Gasteiger partial charge >= 0.3 is 0 Å². The van der Waals surface area contributed by atoms with E-state index in [-0.39, 0.29) is 72.1 Å². The molecule has 0 bridgehead atoms. The molecule has 0 saturated carbocycles. The number of piperazine rings is 1. The van der Waals surface area contributed by atoms with E-state index in [1.54, 1.807) is 25.4 Å². The molecule has 4 aromatic carbocycles. The lowest BCUT2D eigenvalue weighted by Gasteiger charge is -2.34. The molecule has 3 aliphatic heterocycles. The maximum atomic E-state index is 13.5. The average molecular weight is 1160 g/mol. The lowest BCUT2D eigenvalue weighted by atomic mass is 9.86. The van der Waals surface area contributed by atoms with Crippen molar-refractivity contribution >= 4 is 47.0 Å². The first-order valence-corrected chi connectivity index (χ1v) is 28.3. The summed E-state index contributed by atoms with van der Waals surface area (Å²) in [6.45, 7) is 15.4. The van der Waals surface area contributed by atoms with Crippen molar-refractivity contribution in [2.24, 2.45) is 7.05 Å². The molecule has 3 N–H and O–H groups in total. The van der Waals surface area contributed by atoms with Crippen LogP contribution in [0.4, 0.5) is 5.69 Å². The normalized spacial score (nSPS) is 15.5. The Morgan fingerprint density at radius 3 is 1.95 bits per heavy atom. The van der Waals surface area contributed by atoms with Gasteiger partial charge in [0, 0.05) is 87.7 Å². The molecule has 4 heterocycles. The van der Waals surface area contributed by atoms with Crippen molar-refractivity contribution in [2.75, 3.05) is 117 Å². The van der Waals surface area contributed by atoms with Crippen molar-refractivity contribution in [2.45, 2.75) is 58.4 Å². The number of ether oxygens (including phenoxy) is 6. The molecule has 7 amide bonds. The highest BCUT2D eigenvalue weighted by atomic mass is 16.6. The zero-order valence-electron chi connectivity index (χ0n) is 48.3. The summed E-state index contributed by atoms with van der Waals surface area (Å²) in [6, 6.07) is 23.9. The number of aromatic nitrogens is 2. The van der Waals surface area contributed by atoms with Crippen LogP contribution in [0.5, 0.6) is 5.75 Å². The van der Waals surface area contributed by atoms with E-state index in [1.807, 2.05) is 66.4 Å². The maximum absolute atomic E-state index is 13.5. The number of benzene rings is 4. The molecule has 0 spiro atoms. The molecule has 2 saturated heterocycles. The fourth-order valence-corrected chi connectivity index (χ4v) is 9.83. The molecule has 22 nitrogen and oxygen atoms in total. The third-order valence-electron chi connectivity index (χ3n) is 14.6. The second kappa shape index (κ2) is 29.5. The first kappa shape index (κ1) is 62.1. The summed E-state index contributed by atoms with van der Waals surface area (Å²) in [5.41, 5.74) is 6.17. The van der Waals surface area contributed by atoms with Crippen LogP contribution >= 0.6 is 0 Å². The van der Waals surface area contributed by atoms with Gasteiger partial charge in [0.1, 0.15) is 17.5 Å². The smallest absolute Gasteiger partial charge is 0.272 e. The van der Waals surface area contributed by atoms with Crippen LogP contribution in [0.1, 0.15) is 97.4 Å². The highest BCUT2D eigenvalue weighted by Gasteiger charge is 2.46. The lowest BCUT2D eigenvalue weighted by Crippen LogP contribution is -2.54. The molecule has 5 aromatic rings. The minimum atomic E-state index is -1.11. The highest BCUT2D eigenvalue weighted by molar-refractivity contribution is 6.24. The predicted molar refractivity (Wildman–Crippen MR) is 310 cm³/mol. The number of fused-ring (bicyclic) bond motifs is 1. The summed E-state index contributed by atoms with van der Waals surface area (Å²) in [5.74, 6) is -3.26. The Bertz CT molecular complexity index is 3220. The lowest BCUT2D eigenvalue weighted by molar-refractivity contribution is -0.136. The van der Waals surface area contributed by atoms with E-state index >= 15 is 0 Å². The number of rotatable bonds is 28. The number of hydrogen-bond acceptors (Lipinski definition) is 16. The Morgan fingerprint density at radius 2 is 1.31 bits per heavy atom. The first-order valence-electron chi connectivity index (χ1n) is 28.3. The van der Waals surface area contributed by atoms with Crippen molar-refractivity contribution in [3.8, 4) is 17.0 Å². The molecular weight excluding hydrogens is 1080 g/mol. The quantitative estimate of drug-likeness (QED) is 0.0465. The summed E-state index contributed by atoms with van der Waals surface area (Å²) in [4.78, 5) is 112. The van der Waals surface area contributed by atoms with Crippen molar-refractivity contribution in [1.82, 2.24) is 34.9 Å². The van der Waals surface area contributed by atoms with Crippen molar-refractivity contribution < 1.29 is 62.0 Å². The van der Waals surface area contributed by atoms with Crippen molar-refractivity contribution in [1.29, 1.82) is 0 Å². The standard InChI is InChI=1S/C62H74N8O14/c1-41-46(8-6-10-48(41)65-56(73)43-16-18-45(19-17-43)62(2,3)4)50-39-67(5)60(77)49(64-50)38-42-12-14-44(15-13-42)58(75)69-25-23-68(24-26-69)27-29-80-31-33-82-35-37-83-36-34-81-32-30-79-28-22-63-54(72)40-84-52-11-7-9-47-55(52)61(78)70(59(47)76)51-20-21-53(71)66-57(51)74/h6-19,39,51H,20-38,40H2,1-5H3,(H,63,72)(H,65,73)(H,66,71,74). The second-order valence-electron chi connectivity index (χ2n) is 21.6. The van der Waals surface area contributed by atoms with E-state index in [4.69, 9.17) is 33.4 Å². The Labute approximate surface area is 488 Å². The van der Waals surface area contributed by atoms with Gasteiger partial charge in [-0.3, -0.25) is 53.5 Å². The van der Waals surface area contributed by atoms with Gasteiger partial charge < -0.3 is 48.5 Å². The number of hydrogen-bond donors (Lipinski definition) is 3. The molecule has 3 aliphatic rings. The summed E-state index contributed by atoms with van der Waals surface area (Å²) >= 11 is 0. The number of nitrogens with one attached hydrogen (secondary N) is 3. The van der Waals surface area contributed by atoms with E-state index in [1.165, 1.54) is 22.8 Å². The Balaban J connectivity index is 0.624. The van der Waals surface area contributed by atoms with Crippen LogP contribution in [-0.2, 0) is 57.0 Å². The Hall–Kier alpha value is -7.99. The molecule has 446 valence electrons. The van der Waals surface area contributed by atoms with Crippen LogP contribution in [-0.4, -0.2) is 184 Å². The summed E-state index contributed by atoms with van der Waals surface area (Å²) in [7, 11) is 1.70. The molecule has 84 heavy (non-hydrogen) atoms.